The fourth-order valence-electron chi connectivity index (χ4n) is 4.85. The van der Waals surface area contributed by atoms with E-state index in [-0.39, 0.29) is 18.3 Å². The average molecular weight is 594 g/mol. The van der Waals surface area contributed by atoms with Gasteiger partial charge in [0.15, 0.2) is 29.3 Å². The van der Waals surface area contributed by atoms with Crippen molar-refractivity contribution >= 4 is 34.6 Å². The van der Waals surface area contributed by atoms with Crippen molar-refractivity contribution in [3.05, 3.63) is 58.0 Å². The summed E-state index contributed by atoms with van der Waals surface area (Å²) in [5.74, 6) is -2.35. The summed E-state index contributed by atoms with van der Waals surface area (Å²) in [5, 5.41) is 44.1. The van der Waals surface area contributed by atoms with E-state index in [1.54, 1.807) is 18.2 Å². The number of fused-ring (bicyclic) bond motifs is 2. The Balaban J connectivity index is 0.000000334. The Bertz CT molecular complexity index is 1430. The maximum Gasteiger partial charge on any atom is 0.335 e. The van der Waals surface area contributed by atoms with Gasteiger partial charge in [-0.3, -0.25) is 4.57 Å². The lowest BCUT2D eigenvalue weighted by molar-refractivity contribution is -0.165. The van der Waals surface area contributed by atoms with E-state index in [1.165, 1.54) is 0 Å². The molecule has 0 amide bonds. The van der Waals surface area contributed by atoms with Crippen molar-refractivity contribution in [3.8, 4) is 11.5 Å². The van der Waals surface area contributed by atoms with E-state index in [1.807, 2.05) is 35.8 Å². The topological polar surface area (TPSA) is 195 Å². The van der Waals surface area contributed by atoms with Crippen LogP contribution in [0.3, 0.4) is 0 Å². The molecule has 0 aliphatic carbocycles. The smallest absolute Gasteiger partial charge is 0.335 e. The van der Waals surface area contributed by atoms with Crippen molar-refractivity contribution in [1.29, 1.82) is 0 Å². The molecule has 1 saturated heterocycles. The summed E-state index contributed by atoms with van der Waals surface area (Å²) in [5.41, 5.74) is 0.920. The summed E-state index contributed by atoms with van der Waals surface area (Å²) >= 11 is 6.01. The highest BCUT2D eigenvalue weighted by molar-refractivity contribution is 6.30. The number of para-hydroxylation sites is 2. The average Bonchev–Trinajstić information content (AvgIpc) is 3.28. The lowest BCUT2D eigenvalue weighted by atomic mass is 9.96. The number of hydrogen-bond acceptors (Lipinski definition) is 9. The second-order valence-electron chi connectivity index (χ2n) is 10.2. The highest BCUT2D eigenvalue weighted by Gasteiger charge is 2.41. The molecule has 4 atom stereocenters. The van der Waals surface area contributed by atoms with Gasteiger partial charge in [0.2, 0.25) is 0 Å². The first-order valence-electron chi connectivity index (χ1n) is 12.9. The van der Waals surface area contributed by atoms with Crippen molar-refractivity contribution in [2.45, 2.75) is 49.7 Å². The molecule has 0 saturated carbocycles. The number of β-amino-alcohol motifs (C(OH)–C–C–N with tert-alkyl or cyclic N) is 1. The van der Waals surface area contributed by atoms with Crippen molar-refractivity contribution in [2.24, 2.45) is 0 Å². The van der Waals surface area contributed by atoms with Crippen molar-refractivity contribution in [3.63, 3.8) is 0 Å². The van der Waals surface area contributed by atoms with Crippen LogP contribution in [0.5, 0.6) is 11.5 Å². The van der Waals surface area contributed by atoms with Gasteiger partial charge in [0.25, 0.3) is 0 Å². The van der Waals surface area contributed by atoms with E-state index in [4.69, 9.17) is 41.5 Å². The number of carboxylic acid groups (broad SMARTS) is 2. The van der Waals surface area contributed by atoms with Crippen LogP contribution in [0.2, 0.25) is 5.02 Å². The van der Waals surface area contributed by atoms with E-state index < -0.39 is 35.9 Å². The van der Waals surface area contributed by atoms with E-state index in [2.05, 4.69) is 9.88 Å². The molecule has 2 aliphatic rings. The van der Waals surface area contributed by atoms with Gasteiger partial charge in [-0.05, 0) is 44.0 Å². The minimum atomic E-state index is -2.27. The van der Waals surface area contributed by atoms with Gasteiger partial charge in [-0.1, -0.05) is 23.7 Å². The number of hydrogen-bond donors (Lipinski definition) is 6. The lowest BCUT2D eigenvalue weighted by Crippen LogP contribution is -2.56. The first-order chi connectivity index (χ1) is 19.4. The number of likely N-dealkylation sites (tertiary alicyclic amines) is 1. The molecule has 0 spiro atoms. The highest BCUT2D eigenvalue weighted by Crippen LogP contribution is 2.38. The number of piperidine rings is 1. The number of aliphatic hydroxyl groups is 3. The third-order valence-corrected chi connectivity index (χ3v) is 7.49. The van der Waals surface area contributed by atoms with Gasteiger partial charge in [-0.15, -0.1) is 0 Å². The molecule has 13 nitrogen and oxygen atoms in total. The first-order valence-corrected chi connectivity index (χ1v) is 13.3. The van der Waals surface area contributed by atoms with E-state index in [0.29, 0.717) is 23.1 Å². The SMILES string of the molecule is CC1(C(O)CN2CCC(n3c(=O)[nH]c4ccccc43)CC2)COc2cc(Cl)ccc2O1.O=C(O)C(O)C(O)C(=O)O. The number of halogens is 1. The molecule has 14 heteroatoms. The Morgan fingerprint density at radius 2 is 1.68 bits per heavy atom. The lowest BCUT2D eigenvalue weighted by Gasteiger charge is -2.41. The molecular weight excluding hydrogens is 562 g/mol. The minimum absolute atomic E-state index is 0.0567. The number of benzene rings is 2. The zero-order valence-electron chi connectivity index (χ0n) is 22.1. The van der Waals surface area contributed by atoms with Crippen LogP contribution in [0.15, 0.2) is 47.3 Å². The van der Waals surface area contributed by atoms with Gasteiger partial charge in [0, 0.05) is 36.8 Å². The van der Waals surface area contributed by atoms with E-state index >= 15 is 0 Å². The number of ether oxygens (including phenoxy) is 2. The standard InChI is InChI=1S/C23H26ClN3O4.C4H6O6/c1-23(14-30-20-12-15(24)6-7-19(20)31-23)21(28)13-26-10-8-16(9-11-26)27-18-5-3-2-4-17(18)25-22(27)29;5-1(3(7)8)2(6)4(9)10/h2-7,12,16,21,28H,8-11,13-14H2,1H3,(H,25,29);1-2,5-6H,(H,7,8)(H,9,10). The van der Waals surface area contributed by atoms with Crippen molar-refractivity contribution in [2.75, 3.05) is 26.2 Å². The second-order valence-corrected chi connectivity index (χ2v) is 10.7. The first kappa shape index (κ1) is 30.3. The van der Waals surface area contributed by atoms with Crippen LogP contribution < -0.4 is 15.2 Å². The normalized spacial score (nSPS) is 21.4. The van der Waals surface area contributed by atoms with Crippen molar-refractivity contribution in [1.82, 2.24) is 14.5 Å². The zero-order chi connectivity index (χ0) is 29.9. The van der Waals surface area contributed by atoms with Crippen LogP contribution in [0.25, 0.3) is 11.0 Å². The minimum Gasteiger partial charge on any atom is -0.485 e. The Morgan fingerprint density at radius 1 is 1.05 bits per heavy atom. The number of carboxylic acids is 2. The summed E-state index contributed by atoms with van der Waals surface area (Å²) in [6.07, 6.45) is -3.55. The number of nitrogens with zero attached hydrogens (tertiary/aromatic N) is 2. The van der Waals surface area contributed by atoms with Crippen LogP contribution in [0, 0.1) is 0 Å². The van der Waals surface area contributed by atoms with Gasteiger partial charge < -0.3 is 44.9 Å². The zero-order valence-corrected chi connectivity index (χ0v) is 22.9. The fraction of sp³-hybridized carbons (Fsp3) is 0.444. The maximum absolute atomic E-state index is 12.5. The van der Waals surface area contributed by atoms with Gasteiger partial charge in [-0.25, -0.2) is 14.4 Å². The third-order valence-electron chi connectivity index (χ3n) is 7.25. The van der Waals surface area contributed by atoms with E-state index in [0.717, 1.165) is 37.0 Å². The molecule has 2 aromatic carbocycles. The van der Waals surface area contributed by atoms with Gasteiger partial charge in [0.05, 0.1) is 11.0 Å². The van der Waals surface area contributed by atoms with Crippen LogP contribution in [-0.2, 0) is 9.59 Å². The molecule has 0 radical (unpaired) electrons. The molecule has 222 valence electrons. The summed E-state index contributed by atoms with van der Waals surface area (Å²) < 4.78 is 13.8. The predicted molar refractivity (Wildman–Crippen MR) is 147 cm³/mol. The highest BCUT2D eigenvalue weighted by atomic mass is 35.5. The molecule has 3 aromatic rings. The summed E-state index contributed by atoms with van der Waals surface area (Å²) in [4.78, 5) is 37.2. The number of aromatic nitrogens is 2. The number of H-pyrrole nitrogens is 1. The molecule has 4 unspecified atom stereocenters. The Morgan fingerprint density at radius 3 is 2.32 bits per heavy atom. The molecule has 0 bridgehead atoms. The Kier molecular flexibility index (Phi) is 9.24. The molecule has 5 rings (SSSR count). The van der Waals surface area contributed by atoms with Crippen LogP contribution >= 0.6 is 11.6 Å². The fourth-order valence-corrected chi connectivity index (χ4v) is 5.01. The van der Waals surface area contributed by atoms with Crippen LogP contribution in [0.4, 0.5) is 0 Å². The van der Waals surface area contributed by atoms with E-state index in [9.17, 15) is 19.5 Å². The number of aliphatic hydroxyl groups excluding tert-OH is 3. The quantitative estimate of drug-likeness (QED) is 0.229. The van der Waals surface area contributed by atoms with Crippen LogP contribution in [-0.4, -0.2) is 102 Å². The molecule has 6 N–H and O–H groups in total. The maximum atomic E-state index is 12.5. The number of aromatic amines is 1. The number of imidazole rings is 1. The molecule has 41 heavy (non-hydrogen) atoms. The van der Waals surface area contributed by atoms with Crippen LogP contribution in [0.1, 0.15) is 25.8 Å². The third kappa shape index (κ3) is 6.82. The Hall–Kier alpha value is -3.62. The van der Waals surface area contributed by atoms with Gasteiger partial charge in [-0.2, -0.15) is 0 Å². The monoisotopic (exact) mass is 593 g/mol. The van der Waals surface area contributed by atoms with Gasteiger partial charge >= 0.3 is 17.6 Å². The predicted octanol–water partition coefficient (Wildman–Crippen LogP) is 1.09. The molecule has 1 fully saturated rings. The largest absolute Gasteiger partial charge is 0.485 e. The molecule has 1 aromatic heterocycles. The molecule has 3 heterocycles. The van der Waals surface area contributed by atoms with Gasteiger partial charge in [0.1, 0.15) is 12.7 Å². The number of carbonyl (C=O) groups is 2. The number of aliphatic carboxylic acids is 2. The summed E-state index contributed by atoms with van der Waals surface area (Å²) in [7, 11) is 0. The summed E-state index contributed by atoms with van der Waals surface area (Å²) in [6.45, 7) is 4.21. The second kappa shape index (κ2) is 12.5. The van der Waals surface area contributed by atoms with Crippen molar-refractivity contribution < 1.29 is 44.6 Å². The summed E-state index contributed by atoms with van der Waals surface area (Å²) in [6, 6.07) is 13.2. The Labute approximate surface area is 239 Å². The number of rotatable bonds is 7. The molecular formula is C27H32ClN3O10. The number of nitrogens with one attached hydrogen (secondary N) is 1. The molecule has 2 aliphatic heterocycles.